The molecule has 0 saturated heterocycles. The van der Waals surface area contributed by atoms with Crippen LogP contribution in [0.2, 0.25) is 0 Å². The van der Waals surface area contributed by atoms with Crippen molar-refractivity contribution in [2.45, 2.75) is 13.5 Å². The normalized spacial score (nSPS) is 11.1. The molecule has 1 aromatic carbocycles. The summed E-state index contributed by atoms with van der Waals surface area (Å²) in [5.74, 6) is 0. The van der Waals surface area contributed by atoms with Crippen LogP contribution in [0.1, 0.15) is 11.1 Å². The molecule has 0 bridgehead atoms. The number of aryl methyl sites for hydroxylation is 1. The third-order valence-corrected chi connectivity index (χ3v) is 4.59. The van der Waals surface area contributed by atoms with Crippen LogP contribution >= 0.6 is 12.2 Å². The van der Waals surface area contributed by atoms with Crippen LogP contribution in [-0.4, -0.2) is 62.4 Å². The Morgan fingerprint density at radius 2 is 2.12 bits per heavy atom. The Kier molecular flexibility index (Phi) is 7.56. The summed E-state index contributed by atoms with van der Waals surface area (Å²) in [4.78, 5) is 18.9. The van der Waals surface area contributed by atoms with Crippen LogP contribution in [0.4, 0.5) is 0 Å². The van der Waals surface area contributed by atoms with Gasteiger partial charge in [0.25, 0.3) is 5.56 Å². The van der Waals surface area contributed by atoms with Crippen molar-refractivity contribution in [3.63, 3.8) is 0 Å². The Balaban J connectivity index is 2.22. The van der Waals surface area contributed by atoms with Gasteiger partial charge in [-0.05, 0) is 42.7 Å². The average Bonchev–Trinajstić information content (AvgIpc) is 2.59. The maximum Gasteiger partial charge on any atom is 0.253 e. The molecule has 1 aromatic heterocycles. The number of rotatable bonds is 8. The number of hydrogen-bond acceptors (Lipinski definition) is 3. The number of aromatic nitrogens is 1. The van der Waals surface area contributed by atoms with Gasteiger partial charge in [-0.1, -0.05) is 11.6 Å². The van der Waals surface area contributed by atoms with Gasteiger partial charge in [-0.3, -0.25) is 4.79 Å². The van der Waals surface area contributed by atoms with Crippen molar-refractivity contribution in [3.8, 4) is 0 Å². The van der Waals surface area contributed by atoms with E-state index >= 15 is 0 Å². The number of H-pyrrole nitrogens is 1. The van der Waals surface area contributed by atoms with Gasteiger partial charge < -0.3 is 24.8 Å². The molecule has 6 nitrogen and oxygen atoms in total. The third-order valence-electron chi connectivity index (χ3n) is 4.19. The lowest BCUT2D eigenvalue weighted by atomic mass is 10.1. The Bertz CT molecular complexity index is 804. The highest BCUT2D eigenvalue weighted by atomic mass is 32.1. The number of ether oxygens (including phenoxy) is 1. The van der Waals surface area contributed by atoms with E-state index < -0.39 is 0 Å². The van der Waals surface area contributed by atoms with Gasteiger partial charge in [0.05, 0.1) is 40.3 Å². The maximum absolute atomic E-state index is 12.5. The zero-order valence-corrected chi connectivity index (χ0v) is 16.8. The number of nitrogens with one attached hydrogen (secondary N) is 3. The number of aromatic amines is 1. The number of pyridine rings is 1. The van der Waals surface area contributed by atoms with Gasteiger partial charge in [-0.15, -0.1) is 0 Å². The molecule has 26 heavy (non-hydrogen) atoms. The molecule has 0 aliphatic rings. The van der Waals surface area contributed by atoms with Crippen LogP contribution in [0.3, 0.4) is 0 Å². The van der Waals surface area contributed by atoms with Gasteiger partial charge >= 0.3 is 0 Å². The average molecular weight is 378 g/mol. The number of likely N-dealkylation sites (N-methyl/N-ethyl adjacent to an activating group) is 1. The fraction of sp³-hybridized carbons (Fsp3) is 0.474. The molecule has 1 heterocycles. The number of quaternary nitrogens is 1. The molecule has 0 radical (unpaired) electrons. The van der Waals surface area contributed by atoms with E-state index in [4.69, 9.17) is 17.0 Å². The second-order valence-corrected chi connectivity index (χ2v) is 7.20. The monoisotopic (exact) mass is 377 g/mol. The van der Waals surface area contributed by atoms with Crippen LogP contribution in [0, 0.1) is 6.92 Å². The van der Waals surface area contributed by atoms with Crippen molar-refractivity contribution >= 4 is 28.2 Å². The number of benzene rings is 1. The van der Waals surface area contributed by atoms with Crippen LogP contribution < -0.4 is 15.8 Å². The first kappa shape index (κ1) is 20.4. The molecule has 0 amide bonds. The van der Waals surface area contributed by atoms with E-state index in [0.717, 1.165) is 24.0 Å². The van der Waals surface area contributed by atoms with Gasteiger partial charge in [-0.2, -0.15) is 0 Å². The number of hydrogen-bond donors (Lipinski definition) is 3. The highest BCUT2D eigenvalue weighted by Gasteiger charge is 2.14. The molecule has 3 N–H and O–H groups in total. The molecule has 142 valence electrons. The van der Waals surface area contributed by atoms with Gasteiger partial charge in [0.1, 0.15) is 0 Å². The fourth-order valence-electron chi connectivity index (χ4n) is 2.68. The minimum Gasteiger partial charge on any atom is -0.383 e. The zero-order chi connectivity index (χ0) is 19.1. The first-order valence-electron chi connectivity index (χ1n) is 8.84. The molecule has 2 rings (SSSR count). The maximum atomic E-state index is 12.5. The summed E-state index contributed by atoms with van der Waals surface area (Å²) in [5.41, 5.74) is 2.67. The first-order chi connectivity index (χ1) is 12.4. The molecule has 7 heteroatoms. The van der Waals surface area contributed by atoms with E-state index in [9.17, 15) is 4.79 Å². The number of fused-ring (bicyclic) bond motifs is 1. The summed E-state index contributed by atoms with van der Waals surface area (Å²) in [6.45, 7) is 5.45. The van der Waals surface area contributed by atoms with Crippen molar-refractivity contribution < 1.29 is 9.64 Å². The largest absolute Gasteiger partial charge is 0.383 e. The summed E-state index contributed by atoms with van der Waals surface area (Å²) < 4.78 is 5.07. The highest BCUT2D eigenvalue weighted by Crippen LogP contribution is 2.14. The number of nitrogens with zero attached hydrogens (tertiary/aromatic N) is 1. The van der Waals surface area contributed by atoms with E-state index in [-0.39, 0.29) is 5.56 Å². The Morgan fingerprint density at radius 3 is 2.81 bits per heavy atom. The second kappa shape index (κ2) is 9.66. The molecule has 0 fully saturated rings. The molecule has 2 aromatic rings. The molecule has 0 spiro atoms. The molecule has 0 aliphatic heterocycles. The lowest BCUT2D eigenvalue weighted by Gasteiger charge is -2.26. The van der Waals surface area contributed by atoms with Crippen molar-refractivity contribution in [2.24, 2.45) is 0 Å². The smallest absolute Gasteiger partial charge is 0.253 e. The Morgan fingerprint density at radius 1 is 1.35 bits per heavy atom. The first-order valence-corrected chi connectivity index (χ1v) is 9.25. The van der Waals surface area contributed by atoms with Crippen molar-refractivity contribution in [3.05, 3.63) is 45.7 Å². The van der Waals surface area contributed by atoms with E-state index in [0.29, 0.717) is 30.4 Å². The summed E-state index contributed by atoms with van der Waals surface area (Å²) >= 11 is 5.54. The molecule has 0 aliphatic carbocycles. The number of thiocarbonyl (C=S) groups is 1. The van der Waals surface area contributed by atoms with Crippen molar-refractivity contribution in [1.82, 2.24) is 15.2 Å². The second-order valence-electron chi connectivity index (χ2n) is 6.82. The summed E-state index contributed by atoms with van der Waals surface area (Å²) in [5, 5.41) is 4.89. The molecule has 0 unspecified atom stereocenters. The van der Waals surface area contributed by atoms with Crippen LogP contribution in [0.5, 0.6) is 0 Å². The van der Waals surface area contributed by atoms with Crippen molar-refractivity contribution in [1.29, 1.82) is 0 Å². The van der Waals surface area contributed by atoms with Gasteiger partial charge in [0.2, 0.25) is 0 Å². The van der Waals surface area contributed by atoms with E-state index in [1.54, 1.807) is 7.11 Å². The predicted octanol–water partition coefficient (Wildman–Crippen LogP) is 0.304. The minimum absolute atomic E-state index is 0.0664. The molecular weight excluding hydrogens is 348 g/mol. The molecule has 0 atom stereocenters. The van der Waals surface area contributed by atoms with Crippen LogP contribution in [0.25, 0.3) is 10.9 Å². The van der Waals surface area contributed by atoms with Gasteiger partial charge in [0, 0.05) is 24.7 Å². The van der Waals surface area contributed by atoms with Gasteiger partial charge in [0.15, 0.2) is 5.11 Å². The third kappa shape index (κ3) is 5.79. The summed E-state index contributed by atoms with van der Waals surface area (Å²) in [6, 6.07) is 7.99. The fourth-order valence-corrected chi connectivity index (χ4v) is 2.94. The quantitative estimate of drug-likeness (QED) is 0.456. The standard InChI is InChI=1S/C19H28N4O2S/c1-14-5-6-17-15(11-14)12-16(18(24)21-17)13-23(9-8-22(2)3)19(26)20-7-10-25-4/h5-6,11-12H,7-10,13H2,1-4H3,(H,20,26)(H,21,24)/p+1. The number of methoxy groups -OCH3 is 1. The SMILES string of the molecule is COCCNC(=S)N(CC[NH+](C)C)Cc1cc2cc(C)ccc2[nH]c1=O. The van der Waals surface area contributed by atoms with Crippen LogP contribution in [-0.2, 0) is 11.3 Å². The van der Waals surface area contributed by atoms with Crippen LogP contribution in [0.15, 0.2) is 29.1 Å². The molecular formula is C19H29N4O2S+. The van der Waals surface area contributed by atoms with E-state index in [1.165, 1.54) is 10.5 Å². The topological polar surface area (TPSA) is 61.8 Å². The van der Waals surface area contributed by atoms with Crippen molar-refractivity contribution in [2.75, 3.05) is 47.4 Å². The lowest BCUT2D eigenvalue weighted by molar-refractivity contribution is -0.857. The summed E-state index contributed by atoms with van der Waals surface area (Å²) in [7, 11) is 5.87. The molecule has 0 saturated carbocycles. The minimum atomic E-state index is -0.0664. The summed E-state index contributed by atoms with van der Waals surface area (Å²) in [6.07, 6.45) is 0. The van der Waals surface area contributed by atoms with E-state index in [2.05, 4.69) is 30.5 Å². The zero-order valence-electron chi connectivity index (χ0n) is 16.0. The highest BCUT2D eigenvalue weighted by molar-refractivity contribution is 7.80. The Hall–Kier alpha value is -1.96. The lowest BCUT2D eigenvalue weighted by Crippen LogP contribution is -3.06. The van der Waals surface area contributed by atoms with E-state index in [1.807, 2.05) is 30.0 Å². The predicted molar refractivity (Wildman–Crippen MR) is 110 cm³/mol. The Labute approximate surface area is 160 Å². The van der Waals surface area contributed by atoms with Gasteiger partial charge in [-0.25, -0.2) is 0 Å².